The van der Waals surface area contributed by atoms with Crippen LogP contribution < -0.4 is 10.6 Å². The molecule has 2 heterocycles. The Kier molecular flexibility index (Phi) is 4.26. The molecular weight excluding hydrogens is 224 g/mol. The lowest BCUT2D eigenvalue weighted by Gasteiger charge is -2.26. The maximum atomic E-state index is 11.6. The van der Waals surface area contributed by atoms with Gasteiger partial charge in [0.05, 0.1) is 24.3 Å². The summed E-state index contributed by atoms with van der Waals surface area (Å²) >= 11 is 1.55. The molecule has 0 aliphatic carbocycles. The summed E-state index contributed by atoms with van der Waals surface area (Å²) in [6, 6.07) is 0. The quantitative estimate of drug-likeness (QED) is 0.756. The van der Waals surface area contributed by atoms with Crippen LogP contribution in [0.25, 0.3) is 0 Å². The van der Waals surface area contributed by atoms with E-state index < -0.39 is 0 Å². The molecule has 1 aromatic rings. The Hall–Kier alpha value is -0.980. The molecule has 88 valence electrons. The van der Waals surface area contributed by atoms with E-state index in [0.29, 0.717) is 13.1 Å². The number of rotatable bonds is 4. The third-order valence-corrected chi connectivity index (χ3v) is 3.16. The molecule has 1 amide bonds. The van der Waals surface area contributed by atoms with Crippen molar-refractivity contribution in [1.82, 2.24) is 20.5 Å². The molecule has 1 aliphatic rings. The summed E-state index contributed by atoms with van der Waals surface area (Å²) in [4.78, 5) is 17.9. The Morgan fingerprint density at radius 2 is 2.38 bits per heavy atom. The van der Waals surface area contributed by atoms with E-state index in [2.05, 4.69) is 20.5 Å². The first kappa shape index (κ1) is 11.5. The van der Waals surface area contributed by atoms with Gasteiger partial charge in [0.1, 0.15) is 0 Å². The third kappa shape index (κ3) is 3.55. The molecule has 6 heteroatoms. The molecule has 0 spiro atoms. The van der Waals surface area contributed by atoms with Gasteiger partial charge in [0, 0.05) is 31.6 Å². The first-order valence-corrected chi connectivity index (χ1v) is 6.36. The van der Waals surface area contributed by atoms with Crippen LogP contribution in [-0.4, -0.2) is 48.5 Å². The summed E-state index contributed by atoms with van der Waals surface area (Å²) in [6.45, 7) is 4.87. The van der Waals surface area contributed by atoms with E-state index in [1.54, 1.807) is 16.8 Å². The van der Waals surface area contributed by atoms with Gasteiger partial charge in [-0.2, -0.15) is 0 Å². The number of nitrogens with one attached hydrogen (secondary N) is 2. The fraction of sp³-hybridized carbons (Fsp3) is 0.600. The van der Waals surface area contributed by atoms with E-state index in [1.807, 2.05) is 5.38 Å². The number of aromatic nitrogens is 1. The highest BCUT2D eigenvalue weighted by Gasteiger charge is 2.12. The molecule has 5 nitrogen and oxygen atoms in total. The summed E-state index contributed by atoms with van der Waals surface area (Å²) in [6.07, 6.45) is 0. The van der Waals surface area contributed by atoms with Gasteiger partial charge >= 0.3 is 0 Å². The van der Waals surface area contributed by atoms with Crippen molar-refractivity contribution in [3.63, 3.8) is 0 Å². The number of thiazole rings is 1. The molecule has 2 N–H and O–H groups in total. The lowest BCUT2D eigenvalue weighted by atomic mass is 10.3. The van der Waals surface area contributed by atoms with E-state index >= 15 is 0 Å². The Morgan fingerprint density at radius 1 is 1.56 bits per heavy atom. The van der Waals surface area contributed by atoms with Gasteiger partial charge in [-0.05, 0) is 0 Å². The van der Waals surface area contributed by atoms with Gasteiger partial charge in [0.25, 0.3) is 0 Å². The van der Waals surface area contributed by atoms with Crippen molar-refractivity contribution in [3.05, 3.63) is 16.6 Å². The maximum Gasteiger partial charge on any atom is 0.234 e. The van der Waals surface area contributed by atoms with Crippen molar-refractivity contribution in [2.45, 2.75) is 6.54 Å². The molecule has 0 aromatic carbocycles. The summed E-state index contributed by atoms with van der Waals surface area (Å²) in [5.74, 6) is 0.0786. The van der Waals surface area contributed by atoms with Crippen molar-refractivity contribution in [3.8, 4) is 0 Å². The second kappa shape index (κ2) is 5.93. The number of carbonyl (C=O) groups excluding carboxylic acids is 1. The van der Waals surface area contributed by atoms with Gasteiger partial charge in [0.15, 0.2) is 0 Å². The van der Waals surface area contributed by atoms with Crippen LogP contribution in [-0.2, 0) is 11.3 Å². The van der Waals surface area contributed by atoms with Crippen LogP contribution in [0.5, 0.6) is 0 Å². The SMILES string of the molecule is O=C(CN1CCNCC1)NCc1cscn1. The molecule has 0 bridgehead atoms. The third-order valence-electron chi connectivity index (χ3n) is 2.53. The zero-order valence-corrected chi connectivity index (χ0v) is 9.92. The highest BCUT2D eigenvalue weighted by atomic mass is 32.1. The number of hydrogen-bond donors (Lipinski definition) is 2. The predicted molar refractivity (Wildman–Crippen MR) is 63.3 cm³/mol. The van der Waals surface area contributed by atoms with E-state index in [4.69, 9.17) is 0 Å². The van der Waals surface area contributed by atoms with E-state index in [0.717, 1.165) is 31.9 Å². The molecule has 16 heavy (non-hydrogen) atoms. The number of carbonyl (C=O) groups is 1. The van der Waals surface area contributed by atoms with Gasteiger partial charge < -0.3 is 10.6 Å². The minimum Gasteiger partial charge on any atom is -0.349 e. The molecule has 0 unspecified atom stereocenters. The molecule has 0 atom stereocenters. The largest absolute Gasteiger partial charge is 0.349 e. The number of piperazine rings is 1. The average molecular weight is 240 g/mol. The average Bonchev–Trinajstić information content (AvgIpc) is 2.81. The molecule has 1 aromatic heterocycles. The van der Waals surface area contributed by atoms with Gasteiger partial charge in [-0.25, -0.2) is 4.98 Å². The molecule has 1 saturated heterocycles. The van der Waals surface area contributed by atoms with Crippen molar-refractivity contribution >= 4 is 17.2 Å². The number of hydrogen-bond acceptors (Lipinski definition) is 5. The van der Waals surface area contributed by atoms with Crippen molar-refractivity contribution in [2.75, 3.05) is 32.7 Å². The van der Waals surface area contributed by atoms with Crippen molar-refractivity contribution in [2.24, 2.45) is 0 Å². The molecule has 2 rings (SSSR count). The van der Waals surface area contributed by atoms with Crippen LogP contribution in [0.3, 0.4) is 0 Å². The predicted octanol–water partition coefficient (Wildman–Crippen LogP) is -0.335. The van der Waals surface area contributed by atoms with Crippen LogP contribution in [0, 0.1) is 0 Å². The van der Waals surface area contributed by atoms with Crippen molar-refractivity contribution in [1.29, 1.82) is 0 Å². The van der Waals surface area contributed by atoms with E-state index in [1.165, 1.54) is 0 Å². The smallest absolute Gasteiger partial charge is 0.234 e. The van der Waals surface area contributed by atoms with Crippen LogP contribution in [0.1, 0.15) is 5.69 Å². The second-order valence-corrected chi connectivity index (χ2v) is 4.50. The summed E-state index contributed by atoms with van der Waals surface area (Å²) in [5.41, 5.74) is 2.70. The second-order valence-electron chi connectivity index (χ2n) is 3.78. The summed E-state index contributed by atoms with van der Waals surface area (Å²) in [5, 5.41) is 8.09. The lowest BCUT2D eigenvalue weighted by molar-refractivity contribution is -0.122. The monoisotopic (exact) mass is 240 g/mol. The van der Waals surface area contributed by atoms with E-state index in [9.17, 15) is 4.79 Å². The Labute approximate surface area is 98.9 Å². The Balaban J connectivity index is 1.67. The molecule has 0 radical (unpaired) electrons. The normalized spacial score (nSPS) is 17.2. The van der Waals surface area contributed by atoms with Crippen molar-refractivity contribution < 1.29 is 4.79 Å². The molecule has 1 fully saturated rings. The van der Waals surface area contributed by atoms with Crippen LogP contribution in [0.4, 0.5) is 0 Å². The molecule has 1 aliphatic heterocycles. The van der Waals surface area contributed by atoms with Gasteiger partial charge in [-0.3, -0.25) is 9.69 Å². The molecular formula is C10H16N4OS. The first-order valence-electron chi connectivity index (χ1n) is 5.41. The summed E-state index contributed by atoms with van der Waals surface area (Å²) < 4.78 is 0. The van der Waals surface area contributed by atoms with Crippen LogP contribution in [0.2, 0.25) is 0 Å². The van der Waals surface area contributed by atoms with Gasteiger partial charge in [-0.1, -0.05) is 0 Å². The first-order chi connectivity index (χ1) is 7.84. The standard InChI is InChI=1S/C10H16N4OS/c15-10(6-14-3-1-11-2-4-14)12-5-9-7-16-8-13-9/h7-8,11H,1-6H2,(H,12,15). The minimum atomic E-state index is 0.0786. The highest BCUT2D eigenvalue weighted by Crippen LogP contribution is 1.99. The lowest BCUT2D eigenvalue weighted by Crippen LogP contribution is -2.47. The van der Waals surface area contributed by atoms with E-state index in [-0.39, 0.29) is 5.91 Å². The topological polar surface area (TPSA) is 57.3 Å². The zero-order valence-electron chi connectivity index (χ0n) is 9.11. The number of nitrogens with zero attached hydrogens (tertiary/aromatic N) is 2. The molecule has 0 saturated carbocycles. The fourth-order valence-electron chi connectivity index (χ4n) is 1.64. The Bertz CT molecular complexity index is 322. The fourth-order valence-corrected chi connectivity index (χ4v) is 2.20. The highest BCUT2D eigenvalue weighted by molar-refractivity contribution is 7.07. The maximum absolute atomic E-state index is 11.6. The number of amides is 1. The summed E-state index contributed by atoms with van der Waals surface area (Å²) in [7, 11) is 0. The van der Waals surface area contributed by atoms with Crippen LogP contribution >= 0.6 is 11.3 Å². The van der Waals surface area contributed by atoms with Crippen LogP contribution in [0.15, 0.2) is 10.9 Å². The van der Waals surface area contributed by atoms with Gasteiger partial charge in [-0.15, -0.1) is 11.3 Å². The zero-order chi connectivity index (χ0) is 11.2. The minimum absolute atomic E-state index is 0.0786. The Morgan fingerprint density at radius 3 is 3.06 bits per heavy atom. The van der Waals surface area contributed by atoms with Gasteiger partial charge in [0.2, 0.25) is 5.91 Å².